The van der Waals surface area contributed by atoms with Gasteiger partial charge in [0.15, 0.2) is 16.6 Å². The number of nitrogens with one attached hydrogen (secondary N) is 2. The first kappa shape index (κ1) is 19.7. The lowest BCUT2D eigenvalue weighted by molar-refractivity contribution is 0.202. The van der Waals surface area contributed by atoms with E-state index in [-0.39, 0.29) is 6.10 Å². The van der Waals surface area contributed by atoms with E-state index in [0.29, 0.717) is 17.5 Å². The molecule has 7 heteroatoms. The molecule has 0 heterocycles. The number of halogens is 1. The lowest BCUT2D eigenvalue weighted by atomic mass is 10.2. The summed E-state index contributed by atoms with van der Waals surface area (Å²) < 4.78 is 12.5. The van der Waals surface area contributed by atoms with Crippen LogP contribution in [0.15, 0.2) is 21.7 Å². The number of thiocarbonyl (C=S) groups is 1. The van der Waals surface area contributed by atoms with E-state index in [1.165, 1.54) is 0 Å². The molecule has 0 bridgehead atoms. The van der Waals surface area contributed by atoms with Crippen molar-refractivity contribution in [1.29, 1.82) is 0 Å². The van der Waals surface area contributed by atoms with E-state index >= 15 is 0 Å². The molecule has 0 aliphatic rings. The summed E-state index contributed by atoms with van der Waals surface area (Å²) in [6.07, 6.45) is 2.72. The minimum absolute atomic E-state index is 0.115. The fraction of sp³-hybridized carbons (Fsp3) is 0.500. The van der Waals surface area contributed by atoms with Crippen LogP contribution in [0.5, 0.6) is 11.5 Å². The summed E-state index contributed by atoms with van der Waals surface area (Å²) in [4.78, 5) is 0. The van der Waals surface area contributed by atoms with Gasteiger partial charge in [-0.05, 0) is 73.0 Å². The second-order valence-electron chi connectivity index (χ2n) is 4.83. The van der Waals surface area contributed by atoms with Crippen LogP contribution in [0.25, 0.3) is 0 Å². The standard InChI is InChI=1S/C16H24BrN3O2S/c1-5-11(4)22-15-13(17)8-12(9-14(15)21-7-3)10-19-20-16(23)18-6-2/h8-11H,5-7H2,1-4H3,(H2,18,20,23)/b19-10-/t11-/m0/s1. The molecular weight excluding hydrogens is 378 g/mol. The van der Waals surface area contributed by atoms with Crippen LogP contribution in [-0.4, -0.2) is 30.6 Å². The molecule has 0 radical (unpaired) electrons. The minimum Gasteiger partial charge on any atom is -0.490 e. The number of rotatable bonds is 8. The van der Waals surface area contributed by atoms with Gasteiger partial charge in [0, 0.05) is 6.54 Å². The van der Waals surface area contributed by atoms with Gasteiger partial charge < -0.3 is 14.8 Å². The van der Waals surface area contributed by atoms with Gasteiger partial charge in [0.2, 0.25) is 0 Å². The lowest BCUT2D eigenvalue weighted by Gasteiger charge is -2.18. The molecule has 0 amide bonds. The quantitative estimate of drug-likeness (QED) is 0.393. The zero-order valence-corrected chi connectivity index (χ0v) is 16.4. The van der Waals surface area contributed by atoms with E-state index in [1.807, 2.05) is 32.9 Å². The summed E-state index contributed by atoms with van der Waals surface area (Å²) in [5.74, 6) is 1.41. The lowest BCUT2D eigenvalue weighted by Crippen LogP contribution is -2.31. The monoisotopic (exact) mass is 401 g/mol. The van der Waals surface area contributed by atoms with Crippen LogP contribution in [0.1, 0.15) is 39.7 Å². The molecule has 1 rings (SSSR count). The van der Waals surface area contributed by atoms with Crippen molar-refractivity contribution >= 4 is 39.5 Å². The van der Waals surface area contributed by atoms with Gasteiger partial charge in [-0.15, -0.1) is 0 Å². The van der Waals surface area contributed by atoms with Crippen molar-refractivity contribution in [3.8, 4) is 11.5 Å². The Labute approximate surface area is 151 Å². The second kappa shape index (κ2) is 10.4. The molecule has 128 valence electrons. The molecular formula is C16H24BrN3O2S. The van der Waals surface area contributed by atoms with Crippen molar-refractivity contribution in [2.24, 2.45) is 5.10 Å². The number of hydrazone groups is 1. The average Bonchev–Trinajstić information content (AvgIpc) is 2.51. The maximum Gasteiger partial charge on any atom is 0.186 e. The first-order valence-electron chi connectivity index (χ1n) is 7.71. The highest BCUT2D eigenvalue weighted by atomic mass is 79.9. The maximum absolute atomic E-state index is 5.94. The third-order valence-electron chi connectivity index (χ3n) is 2.94. The molecule has 0 aromatic heterocycles. The molecule has 0 aliphatic carbocycles. The van der Waals surface area contributed by atoms with Crippen molar-refractivity contribution in [1.82, 2.24) is 10.7 Å². The van der Waals surface area contributed by atoms with Crippen LogP contribution in [0.3, 0.4) is 0 Å². The third kappa shape index (κ3) is 6.74. The molecule has 0 aliphatic heterocycles. The van der Waals surface area contributed by atoms with Crippen LogP contribution >= 0.6 is 28.1 Å². The number of benzene rings is 1. The molecule has 23 heavy (non-hydrogen) atoms. The summed E-state index contributed by atoms with van der Waals surface area (Å²) in [5.41, 5.74) is 3.64. The molecule has 0 saturated carbocycles. The average molecular weight is 402 g/mol. The largest absolute Gasteiger partial charge is 0.490 e. The fourth-order valence-electron chi connectivity index (χ4n) is 1.69. The maximum atomic E-state index is 5.94. The van der Waals surface area contributed by atoms with Crippen molar-refractivity contribution in [2.45, 2.75) is 40.2 Å². The predicted molar refractivity (Wildman–Crippen MR) is 103 cm³/mol. The highest BCUT2D eigenvalue weighted by molar-refractivity contribution is 9.10. The van der Waals surface area contributed by atoms with E-state index in [4.69, 9.17) is 21.7 Å². The first-order chi connectivity index (χ1) is 11.0. The van der Waals surface area contributed by atoms with Crippen LogP contribution in [0, 0.1) is 0 Å². The van der Waals surface area contributed by atoms with Crippen LogP contribution < -0.4 is 20.2 Å². The Morgan fingerprint density at radius 2 is 2.13 bits per heavy atom. The fourth-order valence-corrected chi connectivity index (χ4v) is 2.44. The Balaban J connectivity index is 2.94. The second-order valence-corrected chi connectivity index (χ2v) is 6.09. The van der Waals surface area contributed by atoms with Crippen LogP contribution in [0.4, 0.5) is 0 Å². The Bertz CT molecular complexity index is 552. The normalized spacial score (nSPS) is 12.0. The summed E-state index contributed by atoms with van der Waals surface area (Å²) in [5, 5.41) is 7.57. The van der Waals surface area contributed by atoms with E-state index in [1.54, 1.807) is 6.21 Å². The minimum atomic E-state index is 0.115. The molecule has 1 aromatic rings. The smallest absolute Gasteiger partial charge is 0.186 e. The van der Waals surface area contributed by atoms with E-state index < -0.39 is 0 Å². The molecule has 2 N–H and O–H groups in total. The van der Waals surface area contributed by atoms with Crippen molar-refractivity contribution in [2.75, 3.05) is 13.2 Å². The van der Waals surface area contributed by atoms with Gasteiger partial charge in [-0.3, -0.25) is 5.43 Å². The van der Waals surface area contributed by atoms with Crippen molar-refractivity contribution in [3.63, 3.8) is 0 Å². The summed E-state index contributed by atoms with van der Waals surface area (Å²) in [7, 11) is 0. The SMILES string of the molecule is CCNC(=S)N/N=C\c1cc(Br)c(O[C@@H](C)CC)c(OCC)c1. The molecule has 5 nitrogen and oxygen atoms in total. The van der Waals surface area contributed by atoms with Gasteiger partial charge >= 0.3 is 0 Å². The van der Waals surface area contributed by atoms with E-state index in [9.17, 15) is 0 Å². The van der Waals surface area contributed by atoms with Crippen LogP contribution in [0.2, 0.25) is 0 Å². The van der Waals surface area contributed by atoms with E-state index in [0.717, 1.165) is 28.8 Å². The van der Waals surface area contributed by atoms with Gasteiger partial charge in [0.25, 0.3) is 0 Å². The predicted octanol–water partition coefficient (Wildman–Crippen LogP) is 3.84. The first-order valence-corrected chi connectivity index (χ1v) is 8.91. The van der Waals surface area contributed by atoms with Crippen LogP contribution in [-0.2, 0) is 0 Å². The Hall–Kier alpha value is -1.34. The Morgan fingerprint density at radius 3 is 2.74 bits per heavy atom. The number of nitrogens with zero attached hydrogens (tertiary/aromatic N) is 1. The molecule has 0 fully saturated rings. The zero-order chi connectivity index (χ0) is 17.2. The molecule has 1 atom stereocenters. The summed E-state index contributed by atoms with van der Waals surface area (Å²) in [6.45, 7) is 9.34. The summed E-state index contributed by atoms with van der Waals surface area (Å²) in [6, 6.07) is 3.83. The van der Waals surface area contributed by atoms with Gasteiger partial charge in [-0.1, -0.05) is 6.92 Å². The molecule has 1 aromatic carbocycles. The van der Waals surface area contributed by atoms with Crippen molar-refractivity contribution in [3.05, 3.63) is 22.2 Å². The van der Waals surface area contributed by atoms with Gasteiger partial charge in [0.05, 0.1) is 23.4 Å². The van der Waals surface area contributed by atoms with Crippen molar-refractivity contribution < 1.29 is 9.47 Å². The summed E-state index contributed by atoms with van der Waals surface area (Å²) >= 11 is 8.60. The van der Waals surface area contributed by atoms with Gasteiger partial charge in [-0.25, -0.2) is 0 Å². The topological polar surface area (TPSA) is 54.9 Å². The highest BCUT2D eigenvalue weighted by Crippen LogP contribution is 2.37. The highest BCUT2D eigenvalue weighted by Gasteiger charge is 2.14. The van der Waals surface area contributed by atoms with E-state index in [2.05, 4.69) is 38.7 Å². The van der Waals surface area contributed by atoms with Gasteiger partial charge in [0.1, 0.15) is 0 Å². The van der Waals surface area contributed by atoms with Gasteiger partial charge in [-0.2, -0.15) is 5.10 Å². The molecule has 0 spiro atoms. The number of ether oxygens (including phenoxy) is 2. The molecule has 0 unspecified atom stereocenters. The third-order valence-corrected chi connectivity index (χ3v) is 3.77. The zero-order valence-electron chi connectivity index (χ0n) is 14.0. The Morgan fingerprint density at radius 1 is 1.39 bits per heavy atom. The number of hydrogen-bond acceptors (Lipinski definition) is 4. The Kier molecular flexibility index (Phi) is 8.94. The molecule has 0 saturated heterocycles. The number of hydrogen-bond donors (Lipinski definition) is 2.